The third kappa shape index (κ3) is 4.41. The molecule has 1 saturated heterocycles. The number of hydrogen-bond donors (Lipinski definition) is 0. The van der Waals surface area contributed by atoms with Crippen LogP contribution in [0.1, 0.15) is 30.1 Å². The van der Waals surface area contributed by atoms with E-state index < -0.39 is 0 Å². The minimum absolute atomic E-state index is 0.0318. The summed E-state index contributed by atoms with van der Waals surface area (Å²) in [5.74, 6) is 2.57. The van der Waals surface area contributed by atoms with E-state index in [1.807, 2.05) is 30.0 Å². The number of benzene rings is 1. The van der Waals surface area contributed by atoms with E-state index in [9.17, 15) is 4.79 Å². The van der Waals surface area contributed by atoms with E-state index in [0.29, 0.717) is 13.1 Å². The average Bonchev–Trinajstić information content (AvgIpc) is 3.20. The molecule has 6 nitrogen and oxygen atoms in total. The highest BCUT2D eigenvalue weighted by Crippen LogP contribution is 2.31. The molecule has 1 aromatic carbocycles. The minimum atomic E-state index is 0.0318. The zero-order valence-corrected chi connectivity index (χ0v) is 18.7. The van der Waals surface area contributed by atoms with Crippen molar-refractivity contribution < 1.29 is 9.53 Å². The second-order valence-electron chi connectivity index (χ2n) is 7.54. The van der Waals surface area contributed by atoms with Crippen molar-refractivity contribution in [1.82, 2.24) is 14.9 Å². The van der Waals surface area contributed by atoms with E-state index in [1.54, 1.807) is 11.3 Å². The van der Waals surface area contributed by atoms with Crippen LogP contribution < -0.4 is 9.64 Å². The average molecular weight is 425 g/mol. The molecule has 1 aliphatic heterocycles. The first-order valence-electron chi connectivity index (χ1n) is 10.6. The SMILES string of the molecule is CCc1cccc(OCC(=O)N2CCN(c3nc(C)nc4sc(CC)cc34)CC2)c1. The Morgan fingerprint density at radius 3 is 2.63 bits per heavy atom. The van der Waals surface area contributed by atoms with Crippen molar-refractivity contribution in [1.29, 1.82) is 0 Å². The topological polar surface area (TPSA) is 58.6 Å². The van der Waals surface area contributed by atoms with Gasteiger partial charge in [-0.05, 0) is 43.5 Å². The summed E-state index contributed by atoms with van der Waals surface area (Å²) in [5.41, 5.74) is 1.21. The van der Waals surface area contributed by atoms with E-state index in [0.717, 1.165) is 53.5 Å². The number of amides is 1. The maximum atomic E-state index is 12.6. The summed E-state index contributed by atoms with van der Waals surface area (Å²) in [6, 6.07) is 10.1. The zero-order valence-electron chi connectivity index (χ0n) is 17.9. The molecule has 158 valence electrons. The Bertz CT molecular complexity index is 1040. The molecule has 4 rings (SSSR count). The van der Waals surface area contributed by atoms with Gasteiger partial charge in [-0.1, -0.05) is 26.0 Å². The zero-order chi connectivity index (χ0) is 21.1. The normalized spacial score (nSPS) is 14.4. The van der Waals surface area contributed by atoms with Crippen LogP contribution in [0, 0.1) is 6.92 Å². The van der Waals surface area contributed by atoms with Gasteiger partial charge in [-0.3, -0.25) is 4.79 Å². The Balaban J connectivity index is 1.38. The van der Waals surface area contributed by atoms with Gasteiger partial charge in [-0.25, -0.2) is 9.97 Å². The molecular weight excluding hydrogens is 396 g/mol. The number of rotatable bonds is 6. The number of aryl methyl sites for hydroxylation is 3. The first-order chi connectivity index (χ1) is 14.6. The molecule has 0 aliphatic carbocycles. The summed E-state index contributed by atoms with van der Waals surface area (Å²) in [7, 11) is 0. The van der Waals surface area contributed by atoms with Crippen molar-refractivity contribution in [2.24, 2.45) is 0 Å². The molecule has 0 spiro atoms. The number of carbonyl (C=O) groups is 1. The van der Waals surface area contributed by atoms with E-state index in [1.165, 1.54) is 10.4 Å². The molecule has 1 aliphatic rings. The second kappa shape index (κ2) is 9.00. The van der Waals surface area contributed by atoms with E-state index in [2.05, 4.69) is 35.9 Å². The highest BCUT2D eigenvalue weighted by atomic mass is 32.1. The Hall–Kier alpha value is -2.67. The molecule has 7 heteroatoms. The van der Waals surface area contributed by atoms with Gasteiger partial charge in [0.05, 0.1) is 5.39 Å². The number of aromatic nitrogens is 2. The van der Waals surface area contributed by atoms with Crippen molar-refractivity contribution in [2.75, 3.05) is 37.7 Å². The van der Waals surface area contributed by atoms with Gasteiger partial charge in [-0.2, -0.15) is 0 Å². The molecule has 1 amide bonds. The lowest BCUT2D eigenvalue weighted by atomic mass is 10.2. The quantitative estimate of drug-likeness (QED) is 0.602. The molecule has 2 aromatic heterocycles. The third-order valence-corrected chi connectivity index (χ3v) is 6.66. The molecule has 1 fully saturated rings. The first-order valence-corrected chi connectivity index (χ1v) is 11.4. The van der Waals surface area contributed by atoms with Crippen molar-refractivity contribution in [3.05, 3.63) is 46.6 Å². The monoisotopic (exact) mass is 424 g/mol. The van der Waals surface area contributed by atoms with Crippen molar-refractivity contribution in [2.45, 2.75) is 33.6 Å². The molecule has 0 N–H and O–H groups in total. The summed E-state index contributed by atoms with van der Waals surface area (Å²) in [4.78, 5) is 28.5. The summed E-state index contributed by atoms with van der Waals surface area (Å²) < 4.78 is 5.74. The molecule has 0 bridgehead atoms. The summed E-state index contributed by atoms with van der Waals surface area (Å²) in [5, 5.41) is 1.13. The lowest BCUT2D eigenvalue weighted by Gasteiger charge is -2.35. The summed E-state index contributed by atoms with van der Waals surface area (Å²) in [6.45, 7) is 9.16. The highest BCUT2D eigenvalue weighted by molar-refractivity contribution is 7.18. The lowest BCUT2D eigenvalue weighted by molar-refractivity contribution is -0.133. The Kier molecular flexibility index (Phi) is 6.18. The number of thiophene rings is 1. The van der Waals surface area contributed by atoms with Crippen molar-refractivity contribution >= 4 is 33.3 Å². The standard InChI is InChI=1S/C23H28N4O2S/c1-4-17-7-6-8-18(13-17)29-15-21(28)26-9-11-27(12-10-26)22-20-14-19(5-2)30-23(20)25-16(3)24-22/h6-8,13-14H,4-5,9-12,15H2,1-3H3. The highest BCUT2D eigenvalue weighted by Gasteiger charge is 2.24. The molecule has 3 aromatic rings. The fraction of sp³-hybridized carbons (Fsp3) is 0.435. The Morgan fingerprint density at radius 1 is 1.10 bits per heavy atom. The molecule has 0 radical (unpaired) electrons. The van der Waals surface area contributed by atoms with Gasteiger partial charge in [0.25, 0.3) is 5.91 Å². The van der Waals surface area contributed by atoms with Crippen LogP contribution in [0.4, 0.5) is 5.82 Å². The van der Waals surface area contributed by atoms with Crippen LogP contribution in [0.2, 0.25) is 0 Å². The molecular formula is C23H28N4O2S. The van der Waals surface area contributed by atoms with Gasteiger partial charge >= 0.3 is 0 Å². The van der Waals surface area contributed by atoms with Crippen molar-refractivity contribution in [3.63, 3.8) is 0 Å². The van der Waals surface area contributed by atoms with E-state index >= 15 is 0 Å². The molecule has 0 saturated carbocycles. The number of ether oxygens (including phenoxy) is 1. The number of piperazine rings is 1. The summed E-state index contributed by atoms with van der Waals surface area (Å²) in [6.07, 6.45) is 1.95. The van der Waals surface area contributed by atoms with Gasteiger partial charge < -0.3 is 14.5 Å². The van der Waals surface area contributed by atoms with Gasteiger partial charge in [0, 0.05) is 31.1 Å². The number of nitrogens with zero attached hydrogens (tertiary/aromatic N) is 4. The van der Waals surface area contributed by atoms with Gasteiger partial charge in [-0.15, -0.1) is 11.3 Å². The van der Waals surface area contributed by atoms with Gasteiger partial charge in [0.2, 0.25) is 0 Å². The van der Waals surface area contributed by atoms with Crippen molar-refractivity contribution in [3.8, 4) is 5.75 Å². The van der Waals surface area contributed by atoms with Crippen LogP contribution in [-0.4, -0.2) is 53.6 Å². The van der Waals surface area contributed by atoms with E-state index in [-0.39, 0.29) is 12.5 Å². The fourth-order valence-electron chi connectivity index (χ4n) is 3.73. The van der Waals surface area contributed by atoms with Crippen LogP contribution in [0.3, 0.4) is 0 Å². The number of fused-ring (bicyclic) bond motifs is 1. The molecule has 3 heterocycles. The van der Waals surface area contributed by atoms with Crippen LogP contribution >= 0.6 is 11.3 Å². The number of carbonyl (C=O) groups excluding carboxylic acids is 1. The minimum Gasteiger partial charge on any atom is -0.484 e. The smallest absolute Gasteiger partial charge is 0.260 e. The number of anilines is 1. The predicted octanol–water partition coefficient (Wildman–Crippen LogP) is 3.85. The Morgan fingerprint density at radius 2 is 1.90 bits per heavy atom. The molecule has 0 unspecified atom stereocenters. The third-order valence-electron chi connectivity index (χ3n) is 5.48. The van der Waals surface area contributed by atoms with Crippen LogP contribution in [-0.2, 0) is 17.6 Å². The maximum Gasteiger partial charge on any atom is 0.260 e. The number of hydrogen-bond acceptors (Lipinski definition) is 6. The van der Waals surface area contributed by atoms with Crippen LogP contribution in [0.25, 0.3) is 10.2 Å². The Labute approximate surface area is 181 Å². The second-order valence-corrected chi connectivity index (χ2v) is 8.65. The predicted molar refractivity (Wildman–Crippen MR) is 122 cm³/mol. The fourth-order valence-corrected chi connectivity index (χ4v) is 4.74. The van der Waals surface area contributed by atoms with Gasteiger partial charge in [0.15, 0.2) is 6.61 Å². The first kappa shape index (κ1) is 20.6. The largest absolute Gasteiger partial charge is 0.484 e. The maximum absolute atomic E-state index is 12.6. The lowest BCUT2D eigenvalue weighted by Crippen LogP contribution is -2.50. The summed E-state index contributed by atoms with van der Waals surface area (Å²) >= 11 is 1.74. The van der Waals surface area contributed by atoms with E-state index in [4.69, 9.17) is 9.72 Å². The molecule has 0 atom stereocenters. The van der Waals surface area contributed by atoms with Crippen LogP contribution in [0.5, 0.6) is 5.75 Å². The van der Waals surface area contributed by atoms with Gasteiger partial charge in [0.1, 0.15) is 22.2 Å². The van der Waals surface area contributed by atoms with Crippen LogP contribution in [0.15, 0.2) is 30.3 Å². The molecule has 30 heavy (non-hydrogen) atoms.